The van der Waals surface area contributed by atoms with Crippen LogP contribution in [0.4, 0.5) is 0 Å². The van der Waals surface area contributed by atoms with Crippen molar-refractivity contribution in [3.05, 3.63) is 26.6 Å². The van der Waals surface area contributed by atoms with Crippen LogP contribution in [0.5, 0.6) is 5.75 Å². The fraction of sp³-hybridized carbons (Fsp3) is 0.125. The molecule has 1 rings (SSSR count). The molecule has 0 spiro atoms. The first-order valence-corrected chi connectivity index (χ1v) is 4.97. The van der Waals surface area contributed by atoms with Crippen LogP contribution in [0.15, 0.2) is 21.1 Å². The summed E-state index contributed by atoms with van der Waals surface area (Å²) in [5.74, 6) is -0.0606. The van der Waals surface area contributed by atoms with E-state index in [2.05, 4.69) is 31.9 Å². The standard InChI is InChI=1S/C8H7Br2NO2/c1-13-7-5(8(11)12)2-4(9)3-6(7)10/h2-3H,1H3,(H2,11,12). The van der Waals surface area contributed by atoms with Gasteiger partial charge >= 0.3 is 0 Å². The van der Waals surface area contributed by atoms with Gasteiger partial charge in [0.1, 0.15) is 5.75 Å². The van der Waals surface area contributed by atoms with Crippen molar-refractivity contribution < 1.29 is 9.53 Å². The fourth-order valence-corrected chi connectivity index (χ4v) is 2.34. The third-order valence-electron chi connectivity index (χ3n) is 1.48. The number of carbonyl (C=O) groups is 1. The average Bonchev–Trinajstić information content (AvgIpc) is 2.02. The number of amides is 1. The topological polar surface area (TPSA) is 52.3 Å². The fourth-order valence-electron chi connectivity index (χ4n) is 0.951. The number of hydrogen-bond donors (Lipinski definition) is 1. The van der Waals surface area contributed by atoms with E-state index in [4.69, 9.17) is 10.5 Å². The molecule has 0 unspecified atom stereocenters. The van der Waals surface area contributed by atoms with E-state index in [1.165, 1.54) is 7.11 Å². The predicted molar refractivity (Wildman–Crippen MR) is 56.9 cm³/mol. The zero-order chi connectivity index (χ0) is 10.0. The Balaban J connectivity index is 3.38. The number of rotatable bonds is 2. The molecule has 1 aromatic carbocycles. The summed E-state index contributed by atoms with van der Waals surface area (Å²) in [5.41, 5.74) is 5.52. The zero-order valence-corrected chi connectivity index (χ0v) is 9.98. The number of benzene rings is 1. The number of halogens is 2. The van der Waals surface area contributed by atoms with Crippen molar-refractivity contribution in [3.8, 4) is 5.75 Å². The van der Waals surface area contributed by atoms with Crippen molar-refractivity contribution in [1.82, 2.24) is 0 Å². The van der Waals surface area contributed by atoms with Crippen molar-refractivity contribution in [3.63, 3.8) is 0 Å². The Kier molecular flexibility index (Phi) is 3.33. The van der Waals surface area contributed by atoms with E-state index in [0.29, 0.717) is 15.8 Å². The van der Waals surface area contributed by atoms with Crippen LogP contribution in [0.3, 0.4) is 0 Å². The van der Waals surface area contributed by atoms with Crippen molar-refractivity contribution in [2.24, 2.45) is 5.73 Å². The molecule has 0 heterocycles. The van der Waals surface area contributed by atoms with Crippen LogP contribution in [0, 0.1) is 0 Å². The Morgan fingerprint density at radius 1 is 1.46 bits per heavy atom. The predicted octanol–water partition coefficient (Wildman–Crippen LogP) is 2.32. The summed E-state index contributed by atoms with van der Waals surface area (Å²) in [7, 11) is 1.49. The summed E-state index contributed by atoms with van der Waals surface area (Å²) in [6.45, 7) is 0. The second-order valence-electron chi connectivity index (χ2n) is 2.33. The molecule has 0 aliphatic carbocycles. The van der Waals surface area contributed by atoms with Gasteiger partial charge in [-0.15, -0.1) is 0 Å². The van der Waals surface area contributed by atoms with Crippen LogP contribution < -0.4 is 10.5 Å². The van der Waals surface area contributed by atoms with Crippen LogP contribution in [-0.4, -0.2) is 13.0 Å². The largest absolute Gasteiger partial charge is 0.495 e. The highest BCUT2D eigenvalue weighted by atomic mass is 79.9. The molecule has 0 saturated heterocycles. The van der Waals surface area contributed by atoms with E-state index in [-0.39, 0.29) is 0 Å². The summed E-state index contributed by atoms with van der Waals surface area (Å²) >= 11 is 6.51. The van der Waals surface area contributed by atoms with Gasteiger partial charge in [-0.3, -0.25) is 4.79 Å². The summed E-state index contributed by atoms with van der Waals surface area (Å²) < 4.78 is 6.49. The molecule has 0 fully saturated rings. The second kappa shape index (κ2) is 4.11. The molecule has 0 saturated carbocycles. The van der Waals surface area contributed by atoms with Gasteiger partial charge in [-0.1, -0.05) is 15.9 Å². The third kappa shape index (κ3) is 2.22. The normalized spacial score (nSPS) is 9.77. The Labute approximate surface area is 92.5 Å². The molecule has 0 atom stereocenters. The molecule has 2 N–H and O–H groups in total. The summed E-state index contributed by atoms with van der Waals surface area (Å²) in [4.78, 5) is 11.0. The summed E-state index contributed by atoms with van der Waals surface area (Å²) in [6, 6.07) is 3.40. The number of carbonyl (C=O) groups excluding carboxylic acids is 1. The molecule has 70 valence electrons. The summed E-state index contributed by atoms with van der Waals surface area (Å²) in [6.07, 6.45) is 0. The number of primary amides is 1. The first-order chi connectivity index (χ1) is 6.06. The first kappa shape index (κ1) is 10.5. The maximum atomic E-state index is 11.0. The van der Waals surface area contributed by atoms with Gasteiger partial charge < -0.3 is 10.5 Å². The maximum absolute atomic E-state index is 11.0. The molecule has 1 aromatic rings. The smallest absolute Gasteiger partial charge is 0.252 e. The quantitative estimate of drug-likeness (QED) is 0.911. The lowest BCUT2D eigenvalue weighted by Crippen LogP contribution is -2.12. The first-order valence-electron chi connectivity index (χ1n) is 3.39. The van der Waals surface area contributed by atoms with Gasteiger partial charge in [-0.05, 0) is 28.1 Å². The highest BCUT2D eigenvalue weighted by Gasteiger charge is 2.13. The highest BCUT2D eigenvalue weighted by Crippen LogP contribution is 2.32. The molecule has 0 aliphatic heterocycles. The molecule has 0 radical (unpaired) electrons. The minimum atomic E-state index is -0.515. The van der Waals surface area contributed by atoms with Crippen molar-refractivity contribution in [2.45, 2.75) is 0 Å². The minimum absolute atomic E-state index is 0.351. The van der Waals surface area contributed by atoms with Crippen molar-refractivity contribution in [1.29, 1.82) is 0 Å². The molecule has 3 nitrogen and oxygen atoms in total. The molecule has 0 aromatic heterocycles. The van der Waals surface area contributed by atoms with E-state index >= 15 is 0 Å². The van der Waals surface area contributed by atoms with E-state index < -0.39 is 5.91 Å². The van der Waals surface area contributed by atoms with Crippen molar-refractivity contribution >= 4 is 37.8 Å². The monoisotopic (exact) mass is 307 g/mol. The van der Waals surface area contributed by atoms with Gasteiger partial charge in [0.2, 0.25) is 0 Å². The van der Waals surface area contributed by atoms with Gasteiger partial charge in [0.05, 0.1) is 17.1 Å². The maximum Gasteiger partial charge on any atom is 0.252 e. The average molecular weight is 309 g/mol. The van der Waals surface area contributed by atoms with Gasteiger partial charge in [0, 0.05) is 4.47 Å². The van der Waals surface area contributed by atoms with Gasteiger partial charge in [0.25, 0.3) is 5.91 Å². The van der Waals surface area contributed by atoms with Gasteiger partial charge in [-0.25, -0.2) is 0 Å². The van der Waals surface area contributed by atoms with Crippen LogP contribution in [0.1, 0.15) is 10.4 Å². The molecule has 5 heteroatoms. The van der Waals surface area contributed by atoms with E-state index in [9.17, 15) is 4.79 Å². The van der Waals surface area contributed by atoms with Crippen LogP contribution in [0.25, 0.3) is 0 Å². The van der Waals surface area contributed by atoms with E-state index in [1.807, 2.05) is 0 Å². The Morgan fingerprint density at radius 3 is 2.54 bits per heavy atom. The molecular weight excluding hydrogens is 302 g/mol. The number of nitrogens with two attached hydrogens (primary N) is 1. The Morgan fingerprint density at radius 2 is 2.08 bits per heavy atom. The highest BCUT2D eigenvalue weighted by molar-refractivity contribution is 9.11. The number of ether oxygens (including phenoxy) is 1. The molecule has 13 heavy (non-hydrogen) atoms. The summed E-state index contributed by atoms with van der Waals surface area (Å²) in [5, 5.41) is 0. The Bertz CT molecular complexity index is 352. The SMILES string of the molecule is COc1c(Br)cc(Br)cc1C(N)=O. The van der Waals surface area contributed by atoms with Crippen LogP contribution in [-0.2, 0) is 0 Å². The molecule has 1 amide bonds. The zero-order valence-electron chi connectivity index (χ0n) is 6.80. The van der Waals surface area contributed by atoms with E-state index in [0.717, 1.165) is 4.47 Å². The molecule has 0 bridgehead atoms. The van der Waals surface area contributed by atoms with Crippen LogP contribution >= 0.6 is 31.9 Å². The third-order valence-corrected chi connectivity index (χ3v) is 2.52. The Hall–Kier alpha value is -0.550. The van der Waals surface area contributed by atoms with E-state index in [1.54, 1.807) is 12.1 Å². The molecular formula is C8H7Br2NO2. The van der Waals surface area contributed by atoms with Crippen molar-refractivity contribution in [2.75, 3.05) is 7.11 Å². The number of methoxy groups -OCH3 is 1. The second-order valence-corrected chi connectivity index (χ2v) is 4.10. The van der Waals surface area contributed by atoms with Gasteiger partial charge in [0.15, 0.2) is 0 Å². The lowest BCUT2D eigenvalue weighted by molar-refractivity contribution is 0.0997. The minimum Gasteiger partial charge on any atom is -0.495 e. The lowest BCUT2D eigenvalue weighted by atomic mass is 10.2. The van der Waals surface area contributed by atoms with Gasteiger partial charge in [-0.2, -0.15) is 0 Å². The molecule has 0 aliphatic rings. The number of hydrogen-bond acceptors (Lipinski definition) is 2. The van der Waals surface area contributed by atoms with Crippen LogP contribution in [0.2, 0.25) is 0 Å². The lowest BCUT2D eigenvalue weighted by Gasteiger charge is -2.07.